The van der Waals surface area contributed by atoms with Gasteiger partial charge in [-0.2, -0.15) is 0 Å². The molecule has 1 aromatic carbocycles. The molecule has 19 heavy (non-hydrogen) atoms. The van der Waals surface area contributed by atoms with E-state index in [1.165, 1.54) is 18.2 Å². The van der Waals surface area contributed by atoms with Gasteiger partial charge in [0.2, 0.25) is 0 Å². The monoisotopic (exact) mass is 284 g/mol. The molecule has 1 amide bonds. The number of carbonyl (C=O) groups is 1. The quantitative estimate of drug-likeness (QED) is 0.642. The van der Waals surface area contributed by atoms with Crippen molar-refractivity contribution < 1.29 is 9.72 Å². The third kappa shape index (κ3) is 4.21. The molecule has 0 aliphatic rings. The van der Waals surface area contributed by atoms with Crippen LogP contribution >= 0.6 is 11.6 Å². The highest BCUT2D eigenvalue weighted by molar-refractivity contribution is 6.34. The van der Waals surface area contributed by atoms with Crippen LogP contribution in [0.4, 0.5) is 5.69 Å². The summed E-state index contributed by atoms with van der Waals surface area (Å²) in [6.07, 6.45) is 1.98. The molecular formula is C13H17ClN2O3. The molecule has 0 saturated carbocycles. The molecule has 0 heterocycles. The zero-order valence-electron chi connectivity index (χ0n) is 11.0. The molecular weight excluding hydrogens is 268 g/mol. The van der Waals surface area contributed by atoms with E-state index in [4.69, 9.17) is 11.6 Å². The highest BCUT2D eigenvalue weighted by Gasteiger charge is 2.15. The second kappa shape index (κ2) is 7.09. The minimum Gasteiger partial charge on any atom is -0.352 e. The van der Waals surface area contributed by atoms with E-state index in [9.17, 15) is 14.9 Å². The van der Waals surface area contributed by atoms with Crippen LogP contribution in [0.1, 0.15) is 37.0 Å². The van der Waals surface area contributed by atoms with Crippen molar-refractivity contribution >= 4 is 23.2 Å². The molecule has 0 unspecified atom stereocenters. The molecule has 1 aromatic rings. The van der Waals surface area contributed by atoms with Crippen molar-refractivity contribution in [2.24, 2.45) is 5.92 Å². The fourth-order valence-electron chi connectivity index (χ4n) is 1.71. The molecule has 0 aliphatic heterocycles. The highest BCUT2D eigenvalue weighted by atomic mass is 35.5. The Kier molecular flexibility index (Phi) is 5.76. The second-order valence-electron chi connectivity index (χ2n) is 4.31. The van der Waals surface area contributed by atoms with Crippen LogP contribution in [0, 0.1) is 16.0 Å². The van der Waals surface area contributed by atoms with Crippen LogP contribution in [0.2, 0.25) is 5.02 Å². The Morgan fingerprint density at radius 2 is 2.05 bits per heavy atom. The summed E-state index contributed by atoms with van der Waals surface area (Å²) in [7, 11) is 0. The maximum Gasteiger partial charge on any atom is 0.270 e. The van der Waals surface area contributed by atoms with Crippen molar-refractivity contribution in [2.75, 3.05) is 6.54 Å². The van der Waals surface area contributed by atoms with Crippen molar-refractivity contribution in [2.45, 2.75) is 26.7 Å². The molecule has 0 fully saturated rings. The lowest BCUT2D eigenvalue weighted by Crippen LogP contribution is -2.29. The van der Waals surface area contributed by atoms with Gasteiger partial charge in [0.05, 0.1) is 15.5 Å². The lowest BCUT2D eigenvalue weighted by molar-refractivity contribution is -0.384. The standard InChI is InChI=1S/C13H17ClN2O3/c1-3-9(4-2)8-15-13(17)11-6-5-10(16(18)19)7-12(11)14/h5-7,9H,3-4,8H2,1-2H3,(H,15,17). The van der Waals surface area contributed by atoms with Crippen LogP contribution in [0.25, 0.3) is 0 Å². The third-order valence-corrected chi connectivity index (χ3v) is 3.43. The van der Waals surface area contributed by atoms with Gasteiger partial charge in [0.25, 0.3) is 11.6 Å². The van der Waals surface area contributed by atoms with Gasteiger partial charge in [-0.1, -0.05) is 38.3 Å². The van der Waals surface area contributed by atoms with E-state index in [1.54, 1.807) is 0 Å². The molecule has 0 saturated heterocycles. The Balaban J connectivity index is 2.75. The van der Waals surface area contributed by atoms with E-state index < -0.39 is 4.92 Å². The molecule has 0 bridgehead atoms. The van der Waals surface area contributed by atoms with E-state index in [1.807, 2.05) is 0 Å². The normalized spacial score (nSPS) is 10.5. The first-order chi connectivity index (χ1) is 8.99. The number of benzene rings is 1. The largest absolute Gasteiger partial charge is 0.352 e. The maximum atomic E-state index is 11.9. The molecule has 0 radical (unpaired) electrons. The smallest absolute Gasteiger partial charge is 0.270 e. The van der Waals surface area contributed by atoms with Gasteiger partial charge in [-0.3, -0.25) is 14.9 Å². The summed E-state index contributed by atoms with van der Waals surface area (Å²) in [6.45, 7) is 4.72. The summed E-state index contributed by atoms with van der Waals surface area (Å²) >= 11 is 5.89. The van der Waals surface area contributed by atoms with Gasteiger partial charge < -0.3 is 5.32 Å². The molecule has 5 nitrogen and oxygen atoms in total. The Morgan fingerprint density at radius 3 is 2.53 bits per heavy atom. The molecule has 1 N–H and O–H groups in total. The van der Waals surface area contributed by atoms with Gasteiger partial charge in [0.1, 0.15) is 0 Å². The third-order valence-electron chi connectivity index (χ3n) is 3.11. The average Bonchev–Trinajstić information content (AvgIpc) is 2.39. The van der Waals surface area contributed by atoms with Gasteiger partial charge >= 0.3 is 0 Å². The number of nitrogens with one attached hydrogen (secondary N) is 1. The van der Waals surface area contributed by atoms with Gasteiger partial charge in [-0.15, -0.1) is 0 Å². The zero-order chi connectivity index (χ0) is 14.4. The first-order valence-corrected chi connectivity index (χ1v) is 6.59. The Morgan fingerprint density at radius 1 is 1.42 bits per heavy atom. The molecule has 0 aliphatic carbocycles. The maximum absolute atomic E-state index is 11.9. The number of nitro benzene ring substituents is 1. The summed E-state index contributed by atoms with van der Waals surface area (Å²) in [4.78, 5) is 21.9. The average molecular weight is 285 g/mol. The number of amides is 1. The Labute approximate surface area is 117 Å². The van der Waals surface area contributed by atoms with Crippen molar-refractivity contribution in [3.63, 3.8) is 0 Å². The number of nitrogens with zero attached hydrogens (tertiary/aromatic N) is 1. The Bertz CT molecular complexity index is 473. The lowest BCUT2D eigenvalue weighted by Gasteiger charge is -2.13. The van der Waals surface area contributed by atoms with E-state index >= 15 is 0 Å². The van der Waals surface area contributed by atoms with Gasteiger partial charge in [-0.05, 0) is 12.0 Å². The van der Waals surface area contributed by atoms with Crippen molar-refractivity contribution in [1.82, 2.24) is 5.32 Å². The van der Waals surface area contributed by atoms with Crippen LogP contribution in [0.5, 0.6) is 0 Å². The van der Waals surface area contributed by atoms with E-state index in [0.717, 1.165) is 12.8 Å². The van der Waals surface area contributed by atoms with Crippen LogP contribution < -0.4 is 5.32 Å². The second-order valence-corrected chi connectivity index (χ2v) is 4.72. The number of nitro groups is 1. The summed E-state index contributed by atoms with van der Waals surface area (Å²) in [5, 5.41) is 13.5. The number of non-ortho nitro benzene ring substituents is 1. The molecule has 0 spiro atoms. The molecule has 104 valence electrons. The van der Waals surface area contributed by atoms with E-state index in [2.05, 4.69) is 19.2 Å². The summed E-state index contributed by atoms with van der Waals surface area (Å²) in [6, 6.07) is 3.84. The SMILES string of the molecule is CCC(CC)CNC(=O)c1ccc([N+](=O)[O-])cc1Cl. The number of hydrogen-bond acceptors (Lipinski definition) is 3. The number of carbonyl (C=O) groups excluding carboxylic acids is 1. The van der Waals surface area contributed by atoms with Crippen molar-refractivity contribution in [3.8, 4) is 0 Å². The number of hydrogen-bond donors (Lipinski definition) is 1. The van der Waals surface area contributed by atoms with Crippen LogP contribution in [-0.2, 0) is 0 Å². The van der Waals surface area contributed by atoms with Gasteiger partial charge in [0.15, 0.2) is 0 Å². The fraction of sp³-hybridized carbons (Fsp3) is 0.462. The summed E-state index contributed by atoms with van der Waals surface area (Å²) in [5.41, 5.74) is 0.139. The number of rotatable bonds is 6. The topological polar surface area (TPSA) is 72.2 Å². The first-order valence-electron chi connectivity index (χ1n) is 6.21. The Hall–Kier alpha value is -1.62. The minimum absolute atomic E-state index is 0.0937. The summed E-state index contributed by atoms with van der Waals surface area (Å²) in [5.74, 6) is 0.132. The van der Waals surface area contributed by atoms with Crippen LogP contribution in [0.15, 0.2) is 18.2 Å². The van der Waals surface area contributed by atoms with Gasteiger partial charge in [0, 0.05) is 18.7 Å². The molecule has 1 rings (SSSR count). The fourth-order valence-corrected chi connectivity index (χ4v) is 1.97. The predicted molar refractivity (Wildman–Crippen MR) is 74.5 cm³/mol. The van der Waals surface area contributed by atoms with E-state index in [0.29, 0.717) is 12.5 Å². The predicted octanol–water partition coefficient (Wildman–Crippen LogP) is 3.41. The highest BCUT2D eigenvalue weighted by Crippen LogP contribution is 2.22. The van der Waals surface area contributed by atoms with Crippen LogP contribution in [-0.4, -0.2) is 17.4 Å². The molecule has 0 atom stereocenters. The minimum atomic E-state index is -0.544. The first kappa shape index (κ1) is 15.4. The lowest BCUT2D eigenvalue weighted by atomic mass is 10.0. The van der Waals surface area contributed by atoms with Crippen LogP contribution in [0.3, 0.4) is 0 Å². The number of halogens is 1. The van der Waals surface area contributed by atoms with Crippen molar-refractivity contribution in [3.05, 3.63) is 38.9 Å². The molecule has 6 heteroatoms. The van der Waals surface area contributed by atoms with E-state index in [-0.39, 0.29) is 22.2 Å². The van der Waals surface area contributed by atoms with Crippen molar-refractivity contribution in [1.29, 1.82) is 0 Å². The van der Waals surface area contributed by atoms with Gasteiger partial charge in [-0.25, -0.2) is 0 Å². The summed E-state index contributed by atoms with van der Waals surface area (Å²) < 4.78 is 0. The zero-order valence-corrected chi connectivity index (χ0v) is 11.7. The molecule has 0 aromatic heterocycles.